The molecule has 1 fully saturated rings. The number of nitrogens with zero attached hydrogens (tertiary/aromatic N) is 2. The number of hydrogen-bond acceptors (Lipinski definition) is 7. The number of carboxylic acid groups (broad SMARTS) is 1. The van der Waals surface area contributed by atoms with E-state index in [9.17, 15) is 14.7 Å². The first-order valence-electron chi connectivity index (χ1n) is 19.0. The number of fused-ring (bicyclic) bond motifs is 3. The summed E-state index contributed by atoms with van der Waals surface area (Å²) in [5.41, 5.74) is 11.1. The number of aryl methyl sites for hydroxylation is 2. The number of aliphatic carboxylic acids is 1. The summed E-state index contributed by atoms with van der Waals surface area (Å²) >= 11 is 0. The van der Waals surface area contributed by atoms with Crippen LogP contribution in [0.5, 0.6) is 0 Å². The van der Waals surface area contributed by atoms with E-state index in [0.717, 1.165) is 82.0 Å². The van der Waals surface area contributed by atoms with Gasteiger partial charge < -0.3 is 26.8 Å². The zero-order valence-electron chi connectivity index (χ0n) is 29.8. The third kappa shape index (κ3) is 9.19. The summed E-state index contributed by atoms with van der Waals surface area (Å²) in [6, 6.07) is 22.3. The highest BCUT2D eigenvalue weighted by Crippen LogP contribution is 2.38. The van der Waals surface area contributed by atoms with Gasteiger partial charge in [0.15, 0.2) is 0 Å². The lowest BCUT2D eigenvalue weighted by Gasteiger charge is -2.38. The maximum Gasteiger partial charge on any atom is 0.326 e. The molecule has 2 unspecified atom stereocenters. The van der Waals surface area contributed by atoms with Crippen molar-refractivity contribution in [3.63, 3.8) is 0 Å². The Kier molecular flexibility index (Phi) is 12.8. The van der Waals surface area contributed by atoms with Gasteiger partial charge in [-0.25, -0.2) is 4.79 Å². The summed E-state index contributed by atoms with van der Waals surface area (Å²) in [4.78, 5) is 35.1. The van der Waals surface area contributed by atoms with Gasteiger partial charge in [-0.05, 0) is 110 Å². The van der Waals surface area contributed by atoms with Crippen molar-refractivity contribution in [3.05, 3.63) is 107 Å². The quantitative estimate of drug-likeness (QED) is 0.103. The van der Waals surface area contributed by atoms with E-state index in [0.29, 0.717) is 32.5 Å². The Hall–Kier alpha value is -4.18. The number of carbonyl (C=O) groups excluding carboxylic acids is 1. The molecule has 9 heteroatoms. The van der Waals surface area contributed by atoms with Gasteiger partial charge in [0.1, 0.15) is 6.04 Å². The molecular weight excluding hydrogens is 637 g/mol. The molecule has 270 valence electrons. The third-order valence-corrected chi connectivity index (χ3v) is 11.1. The van der Waals surface area contributed by atoms with Crippen molar-refractivity contribution >= 4 is 22.6 Å². The minimum atomic E-state index is -0.961. The van der Waals surface area contributed by atoms with Crippen LogP contribution in [0.4, 0.5) is 0 Å². The average molecular weight is 691 g/mol. The van der Waals surface area contributed by atoms with E-state index in [-0.39, 0.29) is 18.0 Å². The second kappa shape index (κ2) is 17.8. The Morgan fingerprint density at radius 1 is 0.804 bits per heavy atom. The molecule has 1 amide bonds. The summed E-state index contributed by atoms with van der Waals surface area (Å²) in [7, 11) is 0. The Bertz CT molecular complexity index is 1750. The Balaban J connectivity index is 0.000000313. The van der Waals surface area contributed by atoms with Crippen LogP contribution in [0.15, 0.2) is 79.1 Å². The van der Waals surface area contributed by atoms with Crippen LogP contribution in [-0.4, -0.2) is 46.1 Å². The zero-order chi connectivity index (χ0) is 35.5. The highest BCUT2D eigenvalue weighted by atomic mass is 16.4. The van der Waals surface area contributed by atoms with Gasteiger partial charge in [0, 0.05) is 37.6 Å². The second-order valence-corrected chi connectivity index (χ2v) is 14.5. The van der Waals surface area contributed by atoms with Gasteiger partial charge in [0.05, 0.1) is 16.8 Å². The highest BCUT2D eigenvalue weighted by Gasteiger charge is 2.41. The number of benzene rings is 2. The van der Waals surface area contributed by atoms with Crippen LogP contribution in [0.1, 0.15) is 111 Å². The predicted molar refractivity (Wildman–Crippen MR) is 202 cm³/mol. The molecular formula is C42H54N6O3. The topological polar surface area (TPSA) is 142 Å². The molecule has 7 rings (SSSR count). The van der Waals surface area contributed by atoms with Crippen LogP contribution in [-0.2, 0) is 29.0 Å². The minimum Gasteiger partial charge on any atom is -0.480 e. The van der Waals surface area contributed by atoms with Crippen LogP contribution in [0.2, 0.25) is 0 Å². The molecule has 0 radical (unpaired) electrons. The van der Waals surface area contributed by atoms with Gasteiger partial charge in [-0.1, -0.05) is 73.9 Å². The molecule has 51 heavy (non-hydrogen) atoms. The van der Waals surface area contributed by atoms with Crippen LogP contribution in [0.25, 0.3) is 10.8 Å². The molecule has 3 aliphatic rings. The third-order valence-electron chi connectivity index (χ3n) is 11.1. The lowest BCUT2D eigenvalue weighted by Crippen LogP contribution is -2.53. The van der Waals surface area contributed by atoms with Crippen LogP contribution in [0.3, 0.4) is 0 Å². The zero-order valence-corrected chi connectivity index (χ0v) is 29.8. The van der Waals surface area contributed by atoms with Gasteiger partial charge in [-0.3, -0.25) is 14.8 Å². The lowest BCUT2D eigenvalue weighted by molar-refractivity contribution is -0.144. The maximum atomic E-state index is 13.7. The van der Waals surface area contributed by atoms with Gasteiger partial charge >= 0.3 is 5.97 Å². The van der Waals surface area contributed by atoms with Crippen molar-refractivity contribution in [2.45, 2.75) is 108 Å². The fraction of sp³-hybridized carbons (Fsp3) is 0.476. The number of nitrogens with one attached hydrogen (secondary N) is 3. The summed E-state index contributed by atoms with van der Waals surface area (Å²) in [5, 5.41) is 22.7. The number of nitrogens with two attached hydrogens (primary N) is 1. The number of pyridine rings is 2. The fourth-order valence-electron chi connectivity index (χ4n) is 8.27. The first kappa shape index (κ1) is 36.6. The van der Waals surface area contributed by atoms with Gasteiger partial charge in [-0.15, -0.1) is 0 Å². The Morgan fingerprint density at radius 3 is 2.12 bits per heavy atom. The van der Waals surface area contributed by atoms with Crippen molar-refractivity contribution in [1.29, 1.82) is 0 Å². The number of rotatable bonds is 12. The molecule has 6 N–H and O–H groups in total. The minimum absolute atomic E-state index is 0.113. The second-order valence-electron chi connectivity index (χ2n) is 14.5. The summed E-state index contributed by atoms with van der Waals surface area (Å²) < 4.78 is 0. The smallest absolute Gasteiger partial charge is 0.326 e. The average Bonchev–Trinajstić information content (AvgIpc) is 3.18. The van der Waals surface area contributed by atoms with E-state index < -0.39 is 17.4 Å². The van der Waals surface area contributed by atoms with Crippen LogP contribution in [0, 0.1) is 5.41 Å². The number of hydrogen-bond donors (Lipinski definition) is 5. The van der Waals surface area contributed by atoms with Crippen molar-refractivity contribution in [2.75, 3.05) is 13.1 Å². The number of carbonyl (C=O) groups is 2. The van der Waals surface area contributed by atoms with E-state index in [1.165, 1.54) is 27.5 Å². The first-order chi connectivity index (χ1) is 25.0. The van der Waals surface area contributed by atoms with E-state index in [1.807, 2.05) is 42.7 Å². The Labute approximate surface area is 302 Å². The lowest BCUT2D eigenvalue weighted by atomic mass is 9.72. The molecule has 0 bridgehead atoms. The first-order valence-corrected chi connectivity index (χ1v) is 19.0. The molecule has 2 heterocycles. The molecule has 2 aromatic heterocycles. The van der Waals surface area contributed by atoms with E-state index in [2.05, 4.69) is 62.3 Å². The molecule has 3 atom stereocenters. The molecule has 0 aliphatic heterocycles. The molecule has 0 spiro atoms. The SMILES string of the molecule is NCc1cccc2ccccc12.O=C(O)[C@H](CCCNC1CCCc2cccnc21)NC(=O)C1(CNC2CCCc3cccnc32)CCCCC1. The molecule has 1 saturated carbocycles. The van der Waals surface area contributed by atoms with Crippen molar-refractivity contribution in [3.8, 4) is 0 Å². The molecule has 3 aliphatic carbocycles. The van der Waals surface area contributed by atoms with E-state index in [1.54, 1.807) is 0 Å². The fourth-order valence-corrected chi connectivity index (χ4v) is 8.27. The van der Waals surface area contributed by atoms with Gasteiger partial charge in [0.2, 0.25) is 5.91 Å². The number of carboxylic acids is 1. The highest BCUT2D eigenvalue weighted by molar-refractivity contribution is 5.88. The standard InChI is InChI=1S/C31H43N5O3.C11H11N/c37-29(38)26(15-8-18-32-24-13-4-9-22-11-6-19-33-27(22)24)36-30(39)31(16-2-1-3-17-31)21-35-25-14-5-10-23-12-7-20-34-28(23)25;12-8-10-6-3-5-9-4-1-2-7-11(9)10/h6-7,11-12,19-20,24-26,32,35H,1-5,8-10,13-18,21H2,(H,36,39)(H,37,38);1-7H,8,12H2/t24?,25?,26-;/m0./s1. The van der Waals surface area contributed by atoms with Crippen LogP contribution < -0.4 is 21.7 Å². The summed E-state index contributed by atoms with van der Waals surface area (Å²) in [5.74, 6) is -1.07. The summed E-state index contributed by atoms with van der Waals surface area (Å²) in [6.45, 7) is 1.87. The normalized spacial score (nSPS) is 19.9. The van der Waals surface area contributed by atoms with Gasteiger partial charge in [-0.2, -0.15) is 0 Å². The monoisotopic (exact) mass is 690 g/mol. The largest absolute Gasteiger partial charge is 0.480 e. The summed E-state index contributed by atoms with van der Waals surface area (Å²) in [6.07, 6.45) is 15.8. The molecule has 9 nitrogen and oxygen atoms in total. The van der Waals surface area contributed by atoms with E-state index >= 15 is 0 Å². The molecule has 4 aromatic rings. The number of aromatic nitrogens is 2. The maximum absolute atomic E-state index is 13.7. The van der Waals surface area contributed by atoms with Crippen molar-refractivity contribution in [2.24, 2.45) is 11.1 Å². The van der Waals surface area contributed by atoms with Gasteiger partial charge in [0.25, 0.3) is 0 Å². The predicted octanol–water partition coefficient (Wildman–Crippen LogP) is 6.71. The molecule has 0 saturated heterocycles. The van der Waals surface area contributed by atoms with Crippen LogP contribution >= 0.6 is 0 Å². The number of amides is 1. The van der Waals surface area contributed by atoms with Crippen molar-refractivity contribution in [1.82, 2.24) is 25.9 Å². The van der Waals surface area contributed by atoms with E-state index in [4.69, 9.17) is 5.73 Å². The molecule has 2 aromatic carbocycles. The Morgan fingerprint density at radius 2 is 1.45 bits per heavy atom. The van der Waals surface area contributed by atoms with Crippen molar-refractivity contribution < 1.29 is 14.7 Å².